The number of nitrogen functional groups attached to an aromatic ring is 1. The summed E-state index contributed by atoms with van der Waals surface area (Å²) in [4.78, 5) is 17.4. The van der Waals surface area contributed by atoms with Crippen molar-refractivity contribution in [3.63, 3.8) is 0 Å². The van der Waals surface area contributed by atoms with Crippen molar-refractivity contribution in [1.82, 2.24) is 4.98 Å². The number of nitrogens with zero attached hydrogens (tertiary/aromatic N) is 1. The van der Waals surface area contributed by atoms with Crippen molar-refractivity contribution in [2.45, 2.75) is 9.92 Å². The zero-order valence-corrected chi connectivity index (χ0v) is 17.1. The van der Waals surface area contributed by atoms with Gasteiger partial charge < -0.3 is 11.1 Å². The molecule has 154 valence electrons. The van der Waals surface area contributed by atoms with Crippen LogP contribution >= 0.6 is 0 Å². The monoisotopic (exact) mass is 431 g/mol. The SMILES string of the molecule is Nc1ccc(-c2ccc(F)cc2)cc1NC(=O)c1ccc(S(=O)c2ccccn2)cc1. The molecular formula is C24H18FN3O2S. The molecule has 5 nitrogen and oxygen atoms in total. The first-order valence-corrected chi connectivity index (χ1v) is 10.6. The number of carbonyl (C=O) groups excluding carboxylic acids is 1. The molecule has 7 heteroatoms. The molecule has 0 bridgehead atoms. The van der Waals surface area contributed by atoms with Crippen molar-refractivity contribution >= 4 is 28.1 Å². The van der Waals surface area contributed by atoms with E-state index in [0.29, 0.717) is 26.9 Å². The number of hydrogen-bond donors (Lipinski definition) is 2. The molecule has 0 aliphatic rings. The number of amides is 1. The topological polar surface area (TPSA) is 85.1 Å². The summed E-state index contributed by atoms with van der Waals surface area (Å²) in [5.41, 5.74) is 8.88. The molecule has 0 aliphatic heterocycles. The molecule has 1 unspecified atom stereocenters. The second-order valence-electron chi connectivity index (χ2n) is 6.72. The zero-order chi connectivity index (χ0) is 21.8. The molecule has 0 fully saturated rings. The van der Waals surface area contributed by atoms with Crippen molar-refractivity contribution < 1.29 is 13.4 Å². The van der Waals surface area contributed by atoms with Gasteiger partial charge >= 0.3 is 0 Å². The van der Waals surface area contributed by atoms with Gasteiger partial charge in [0.15, 0.2) is 0 Å². The van der Waals surface area contributed by atoms with Gasteiger partial charge in [-0.1, -0.05) is 24.3 Å². The molecule has 3 N–H and O–H groups in total. The van der Waals surface area contributed by atoms with Gasteiger partial charge in [0, 0.05) is 16.7 Å². The predicted molar refractivity (Wildman–Crippen MR) is 120 cm³/mol. The fourth-order valence-corrected chi connectivity index (χ4v) is 3.97. The van der Waals surface area contributed by atoms with E-state index in [1.165, 1.54) is 12.1 Å². The van der Waals surface area contributed by atoms with Crippen LogP contribution in [0.3, 0.4) is 0 Å². The van der Waals surface area contributed by atoms with Crippen LogP contribution in [0.2, 0.25) is 0 Å². The third kappa shape index (κ3) is 4.67. The molecule has 1 aromatic heterocycles. The second kappa shape index (κ2) is 8.89. The van der Waals surface area contributed by atoms with E-state index in [2.05, 4.69) is 10.3 Å². The average Bonchev–Trinajstić information content (AvgIpc) is 2.81. The van der Waals surface area contributed by atoms with Gasteiger partial charge in [-0.2, -0.15) is 0 Å². The van der Waals surface area contributed by atoms with Crippen LogP contribution in [0.5, 0.6) is 0 Å². The van der Waals surface area contributed by atoms with Crippen LogP contribution in [0.25, 0.3) is 11.1 Å². The summed E-state index contributed by atoms with van der Waals surface area (Å²) in [6.07, 6.45) is 1.58. The molecule has 31 heavy (non-hydrogen) atoms. The molecule has 1 amide bonds. The summed E-state index contributed by atoms with van der Waals surface area (Å²) in [6, 6.07) is 23.0. The highest BCUT2D eigenvalue weighted by molar-refractivity contribution is 7.85. The van der Waals surface area contributed by atoms with Gasteiger partial charge in [-0.25, -0.2) is 13.6 Å². The van der Waals surface area contributed by atoms with Crippen LogP contribution in [0.1, 0.15) is 10.4 Å². The van der Waals surface area contributed by atoms with E-state index in [4.69, 9.17) is 5.73 Å². The predicted octanol–water partition coefficient (Wildman–Crippen LogP) is 4.89. The lowest BCUT2D eigenvalue weighted by Crippen LogP contribution is -2.13. The second-order valence-corrected chi connectivity index (χ2v) is 8.15. The van der Waals surface area contributed by atoms with Crippen LogP contribution in [0.15, 0.2) is 101 Å². The first-order chi connectivity index (χ1) is 15.0. The van der Waals surface area contributed by atoms with E-state index < -0.39 is 10.8 Å². The Hall–Kier alpha value is -3.84. The summed E-state index contributed by atoms with van der Waals surface area (Å²) < 4.78 is 25.7. The molecule has 4 aromatic rings. The first kappa shape index (κ1) is 20.4. The number of anilines is 2. The summed E-state index contributed by atoms with van der Waals surface area (Å²) in [7, 11) is -1.43. The summed E-state index contributed by atoms with van der Waals surface area (Å²) in [6.45, 7) is 0. The zero-order valence-electron chi connectivity index (χ0n) is 16.3. The largest absolute Gasteiger partial charge is 0.397 e. The van der Waals surface area contributed by atoms with Crippen molar-refractivity contribution in [3.05, 3.63) is 103 Å². The normalized spacial score (nSPS) is 11.6. The van der Waals surface area contributed by atoms with Crippen LogP contribution < -0.4 is 11.1 Å². The Morgan fingerprint density at radius 2 is 1.61 bits per heavy atom. The number of hydrogen-bond acceptors (Lipinski definition) is 4. The van der Waals surface area contributed by atoms with Gasteiger partial charge in [0.05, 0.1) is 11.4 Å². The Morgan fingerprint density at radius 1 is 0.903 bits per heavy atom. The number of halogens is 1. The van der Waals surface area contributed by atoms with Crippen molar-refractivity contribution in [2.24, 2.45) is 0 Å². The van der Waals surface area contributed by atoms with E-state index in [-0.39, 0.29) is 11.7 Å². The maximum absolute atomic E-state index is 13.2. The molecule has 1 heterocycles. The highest BCUT2D eigenvalue weighted by Gasteiger charge is 2.12. The smallest absolute Gasteiger partial charge is 0.255 e. The number of aromatic nitrogens is 1. The van der Waals surface area contributed by atoms with Gasteiger partial charge in [0.25, 0.3) is 5.91 Å². The maximum atomic E-state index is 13.2. The van der Waals surface area contributed by atoms with Crippen LogP contribution in [0.4, 0.5) is 15.8 Å². The van der Waals surface area contributed by atoms with Gasteiger partial charge in [-0.3, -0.25) is 4.79 Å². The Kier molecular flexibility index (Phi) is 5.86. The number of pyridine rings is 1. The standard InChI is InChI=1S/C24H18FN3O2S/c25-19-9-4-16(5-10-19)18-8-13-21(26)22(15-18)28-24(29)17-6-11-20(12-7-17)31(30)23-3-1-2-14-27-23/h1-15H,26H2,(H,28,29). The van der Waals surface area contributed by atoms with E-state index in [1.54, 1.807) is 79.0 Å². The molecule has 0 spiro atoms. The van der Waals surface area contributed by atoms with E-state index in [9.17, 15) is 13.4 Å². The summed E-state index contributed by atoms with van der Waals surface area (Å²) in [5, 5.41) is 3.25. The molecule has 0 saturated carbocycles. The van der Waals surface area contributed by atoms with Crippen molar-refractivity contribution in [2.75, 3.05) is 11.1 Å². The summed E-state index contributed by atoms with van der Waals surface area (Å²) in [5.74, 6) is -0.668. The van der Waals surface area contributed by atoms with Gasteiger partial charge in [-0.15, -0.1) is 0 Å². The molecule has 4 rings (SSSR count). The number of nitrogens with one attached hydrogen (secondary N) is 1. The Morgan fingerprint density at radius 3 is 2.29 bits per heavy atom. The molecule has 1 atom stereocenters. The van der Waals surface area contributed by atoms with Gasteiger partial charge in [0.1, 0.15) is 21.6 Å². The highest BCUT2D eigenvalue weighted by atomic mass is 32.2. The number of carbonyl (C=O) groups is 1. The van der Waals surface area contributed by atoms with Crippen LogP contribution in [0, 0.1) is 5.82 Å². The molecule has 0 saturated heterocycles. The minimum absolute atomic E-state index is 0.319. The Balaban J connectivity index is 1.52. The Bertz CT molecular complexity index is 1240. The van der Waals surface area contributed by atoms with Crippen LogP contribution in [-0.2, 0) is 10.8 Å². The minimum atomic E-state index is -1.43. The molecular weight excluding hydrogens is 413 g/mol. The fraction of sp³-hybridized carbons (Fsp3) is 0. The van der Waals surface area contributed by atoms with Gasteiger partial charge in [-0.05, 0) is 71.8 Å². The number of rotatable bonds is 5. The first-order valence-electron chi connectivity index (χ1n) is 9.41. The summed E-state index contributed by atoms with van der Waals surface area (Å²) >= 11 is 0. The number of benzene rings is 3. The third-order valence-corrected chi connectivity index (χ3v) is 5.96. The molecule has 0 aliphatic carbocycles. The van der Waals surface area contributed by atoms with E-state index in [0.717, 1.165) is 11.1 Å². The van der Waals surface area contributed by atoms with E-state index in [1.807, 2.05) is 0 Å². The van der Waals surface area contributed by atoms with Crippen molar-refractivity contribution in [3.8, 4) is 11.1 Å². The average molecular weight is 431 g/mol. The van der Waals surface area contributed by atoms with Crippen LogP contribution in [-0.4, -0.2) is 15.1 Å². The molecule has 3 aromatic carbocycles. The van der Waals surface area contributed by atoms with Crippen molar-refractivity contribution in [1.29, 1.82) is 0 Å². The molecule has 0 radical (unpaired) electrons. The minimum Gasteiger partial charge on any atom is -0.397 e. The maximum Gasteiger partial charge on any atom is 0.255 e. The Labute approximate surface area is 181 Å². The fourth-order valence-electron chi connectivity index (χ4n) is 2.99. The third-order valence-electron chi connectivity index (χ3n) is 4.64. The lowest BCUT2D eigenvalue weighted by atomic mass is 10.0. The van der Waals surface area contributed by atoms with E-state index >= 15 is 0 Å². The van der Waals surface area contributed by atoms with Gasteiger partial charge in [0.2, 0.25) is 0 Å². The number of nitrogens with two attached hydrogens (primary N) is 1. The lowest BCUT2D eigenvalue weighted by Gasteiger charge is -2.11. The highest BCUT2D eigenvalue weighted by Crippen LogP contribution is 2.28. The lowest BCUT2D eigenvalue weighted by molar-refractivity contribution is 0.102. The quantitative estimate of drug-likeness (QED) is 0.441.